The first kappa shape index (κ1) is 14.5. The zero-order chi connectivity index (χ0) is 16.7. The van der Waals surface area contributed by atoms with Crippen LogP contribution in [0.4, 0.5) is 0 Å². The maximum absolute atomic E-state index is 12.0. The van der Waals surface area contributed by atoms with Crippen LogP contribution in [0.15, 0.2) is 54.6 Å². The van der Waals surface area contributed by atoms with Crippen LogP contribution in [0.3, 0.4) is 0 Å². The number of pyridine rings is 1. The molecule has 24 heavy (non-hydrogen) atoms. The summed E-state index contributed by atoms with van der Waals surface area (Å²) in [7, 11) is 0. The summed E-state index contributed by atoms with van der Waals surface area (Å²) in [5.74, 6) is -0.426. The summed E-state index contributed by atoms with van der Waals surface area (Å²) in [5, 5.41) is 13.1. The molecular formula is C20H15NO3. The Morgan fingerprint density at radius 1 is 1.04 bits per heavy atom. The highest BCUT2D eigenvalue weighted by Crippen LogP contribution is 2.34. The third-order valence-electron chi connectivity index (χ3n) is 4.14. The predicted molar refractivity (Wildman–Crippen MR) is 94.9 cm³/mol. The number of aromatic carboxylic acids is 1. The van der Waals surface area contributed by atoms with E-state index in [9.17, 15) is 9.90 Å². The fraction of sp³-hybridized carbons (Fsp3) is 0.100. The number of rotatable bonds is 3. The molecule has 0 amide bonds. The molecule has 4 nitrogen and oxygen atoms in total. The lowest BCUT2D eigenvalue weighted by Crippen LogP contribution is -2.03. The van der Waals surface area contributed by atoms with Crippen LogP contribution in [0.1, 0.15) is 17.3 Å². The van der Waals surface area contributed by atoms with Gasteiger partial charge >= 0.3 is 5.97 Å². The lowest BCUT2D eigenvalue weighted by atomic mass is 9.99. The van der Waals surface area contributed by atoms with E-state index >= 15 is 0 Å². The van der Waals surface area contributed by atoms with E-state index in [4.69, 9.17) is 4.74 Å². The molecule has 118 valence electrons. The summed E-state index contributed by atoms with van der Waals surface area (Å²) in [4.78, 5) is 16.7. The van der Waals surface area contributed by atoms with Gasteiger partial charge in [-0.15, -0.1) is 0 Å². The molecule has 0 radical (unpaired) electrons. The van der Waals surface area contributed by atoms with Crippen molar-refractivity contribution in [1.82, 2.24) is 4.98 Å². The minimum atomic E-state index is -0.977. The van der Waals surface area contributed by atoms with Crippen LogP contribution >= 0.6 is 0 Å². The Morgan fingerprint density at radius 2 is 1.79 bits per heavy atom. The normalized spacial score (nSPS) is 11.2. The number of carbonyl (C=O) groups is 1. The zero-order valence-electron chi connectivity index (χ0n) is 13.1. The van der Waals surface area contributed by atoms with Crippen molar-refractivity contribution in [3.8, 4) is 5.75 Å². The van der Waals surface area contributed by atoms with Crippen molar-refractivity contribution in [2.75, 3.05) is 6.61 Å². The van der Waals surface area contributed by atoms with Crippen molar-refractivity contribution in [2.45, 2.75) is 6.92 Å². The Labute approximate surface area is 138 Å². The number of benzene rings is 3. The highest BCUT2D eigenvalue weighted by atomic mass is 16.5. The molecule has 4 aromatic rings. The first-order chi connectivity index (χ1) is 11.7. The molecule has 0 spiro atoms. The average molecular weight is 317 g/mol. The van der Waals surface area contributed by atoms with Gasteiger partial charge in [0, 0.05) is 5.39 Å². The van der Waals surface area contributed by atoms with E-state index in [1.165, 1.54) is 0 Å². The van der Waals surface area contributed by atoms with Gasteiger partial charge in [0.25, 0.3) is 0 Å². The van der Waals surface area contributed by atoms with E-state index in [0.29, 0.717) is 34.2 Å². The number of aromatic nitrogens is 1. The van der Waals surface area contributed by atoms with Crippen molar-refractivity contribution < 1.29 is 14.6 Å². The highest BCUT2D eigenvalue weighted by molar-refractivity contribution is 6.17. The molecule has 0 saturated heterocycles. The van der Waals surface area contributed by atoms with E-state index in [2.05, 4.69) is 4.98 Å². The van der Waals surface area contributed by atoms with Crippen LogP contribution in [-0.4, -0.2) is 22.7 Å². The van der Waals surface area contributed by atoms with Gasteiger partial charge in [-0.25, -0.2) is 9.78 Å². The number of nitrogens with zero attached hydrogens (tertiary/aromatic N) is 1. The molecule has 3 aromatic carbocycles. The topological polar surface area (TPSA) is 59.4 Å². The van der Waals surface area contributed by atoms with E-state index in [1.807, 2.05) is 55.5 Å². The second kappa shape index (κ2) is 5.49. The van der Waals surface area contributed by atoms with Crippen LogP contribution in [0.5, 0.6) is 5.75 Å². The molecule has 4 rings (SSSR count). The van der Waals surface area contributed by atoms with Gasteiger partial charge in [-0.3, -0.25) is 0 Å². The van der Waals surface area contributed by atoms with Crippen LogP contribution < -0.4 is 4.74 Å². The molecule has 0 atom stereocenters. The van der Waals surface area contributed by atoms with Crippen LogP contribution in [0.25, 0.3) is 32.6 Å². The standard InChI is InChI=1S/C20H15NO3/c1-2-24-17-9-5-8-15-19(17)18(20(22)23)14-10-12-6-3-4-7-13(12)11-16(14)21-15/h3-11H,2H2,1H3,(H,22,23). The lowest BCUT2D eigenvalue weighted by Gasteiger charge is -2.12. The maximum Gasteiger partial charge on any atom is 0.337 e. The smallest absolute Gasteiger partial charge is 0.337 e. The highest BCUT2D eigenvalue weighted by Gasteiger charge is 2.19. The summed E-state index contributed by atoms with van der Waals surface area (Å²) in [5.41, 5.74) is 1.54. The molecule has 0 aliphatic heterocycles. The summed E-state index contributed by atoms with van der Waals surface area (Å²) in [6.07, 6.45) is 0. The average Bonchev–Trinajstić information content (AvgIpc) is 2.58. The molecule has 0 fully saturated rings. The van der Waals surface area contributed by atoms with Crippen LogP contribution in [0.2, 0.25) is 0 Å². The minimum Gasteiger partial charge on any atom is -0.493 e. The van der Waals surface area contributed by atoms with E-state index in [1.54, 1.807) is 6.07 Å². The van der Waals surface area contributed by atoms with Gasteiger partial charge < -0.3 is 9.84 Å². The molecule has 1 aromatic heterocycles. The number of fused-ring (bicyclic) bond motifs is 3. The Hall–Kier alpha value is -3.14. The van der Waals surface area contributed by atoms with Crippen molar-refractivity contribution in [2.24, 2.45) is 0 Å². The fourth-order valence-electron chi connectivity index (χ4n) is 3.15. The third-order valence-corrected chi connectivity index (χ3v) is 4.14. The number of carboxylic acid groups (broad SMARTS) is 1. The first-order valence-electron chi connectivity index (χ1n) is 7.80. The molecule has 0 unspecified atom stereocenters. The van der Waals surface area contributed by atoms with Gasteiger partial charge in [0.05, 0.1) is 28.6 Å². The molecule has 0 aliphatic carbocycles. The van der Waals surface area contributed by atoms with E-state index in [-0.39, 0.29) is 5.56 Å². The Morgan fingerprint density at radius 3 is 2.50 bits per heavy atom. The summed E-state index contributed by atoms with van der Waals surface area (Å²) in [6, 6.07) is 17.1. The SMILES string of the molecule is CCOc1cccc2nc3cc4ccccc4cc3c(C(=O)O)c12. The van der Waals surface area contributed by atoms with Gasteiger partial charge in [-0.2, -0.15) is 0 Å². The first-order valence-corrected chi connectivity index (χ1v) is 7.80. The summed E-state index contributed by atoms with van der Waals surface area (Å²) < 4.78 is 5.64. The third kappa shape index (κ3) is 2.15. The number of carboxylic acids is 1. The predicted octanol–water partition coefficient (Wildman–Crippen LogP) is 4.64. The lowest BCUT2D eigenvalue weighted by molar-refractivity contribution is 0.0701. The van der Waals surface area contributed by atoms with Crippen LogP contribution in [0, 0.1) is 0 Å². The van der Waals surface area contributed by atoms with Crippen molar-refractivity contribution in [3.63, 3.8) is 0 Å². The van der Waals surface area contributed by atoms with Gasteiger partial charge in [-0.05, 0) is 42.0 Å². The number of hydrogen-bond acceptors (Lipinski definition) is 3. The minimum absolute atomic E-state index is 0.241. The fourth-order valence-corrected chi connectivity index (χ4v) is 3.15. The Bertz CT molecular complexity index is 1100. The quantitative estimate of drug-likeness (QED) is 0.559. The van der Waals surface area contributed by atoms with E-state index < -0.39 is 5.97 Å². The molecule has 4 heteroatoms. The van der Waals surface area contributed by atoms with Gasteiger partial charge in [0.15, 0.2) is 0 Å². The monoisotopic (exact) mass is 317 g/mol. The summed E-state index contributed by atoms with van der Waals surface area (Å²) in [6.45, 7) is 2.34. The zero-order valence-corrected chi connectivity index (χ0v) is 13.1. The maximum atomic E-state index is 12.0. The van der Waals surface area contributed by atoms with Crippen molar-refractivity contribution in [3.05, 3.63) is 60.2 Å². The second-order valence-corrected chi connectivity index (χ2v) is 5.59. The van der Waals surface area contributed by atoms with Crippen molar-refractivity contribution in [1.29, 1.82) is 0 Å². The molecular weight excluding hydrogens is 302 g/mol. The van der Waals surface area contributed by atoms with E-state index in [0.717, 1.165) is 10.8 Å². The Balaban J connectivity index is 2.22. The van der Waals surface area contributed by atoms with Crippen molar-refractivity contribution >= 4 is 38.5 Å². The number of ether oxygens (including phenoxy) is 1. The molecule has 0 bridgehead atoms. The Kier molecular flexibility index (Phi) is 3.31. The van der Waals surface area contributed by atoms with Crippen LogP contribution in [-0.2, 0) is 0 Å². The van der Waals surface area contributed by atoms with Gasteiger partial charge in [0.1, 0.15) is 5.75 Å². The van der Waals surface area contributed by atoms with Gasteiger partial charge in [0.2, 0.25) is 0 Å². The largest absolute Gasteiger partial charge is 0.493 e. The number of hydrogen-bond donors (Lipinski definition) is 1. The summed E-state index contributed by atoms with van der Waals surface area (Å²) >= 11 is 0. The molecule has 1 heterocycles. The molecule has 1 N–H and O–H groups in total. The van der Waals surface area contributed by atoms with Gasteiger partial charge in [-0.1, -0.05) is 30.3 Å². The second-order valence-electron chi connectivity index (χ2n) is 5.59. The molecule has 0 saturated carbocycles. The molecule has 0 aliphatic rings.